The van der Waals surface area contributed by atoms with Gasteiger partial charge in [-0.3, -0.25) is 0 Å². The van der Waals surface area contributed by atoms with E-state index >= 15 is 0 Å². The summed E-state index contributed by atoms with van der Waals surface area (Å²) in [4.78, 5) is 63.2. The number of carbonyl (C=O) groups is 2. The van der Waals surface area contributed by atoms with Crippen LogP contribution in [-0.2, 0) is 42.7 Å². The molecular formula is C52H89O7P. The van der Waals surface area contributed by atoms with Crippen molar-refractivity contribution in [2.75, 3.05) is 13.2 Å². The van der Waals surface area contributed by atoms with Crippen molar-refractivity contribution in [1.29, 1.82) is 0 Å². The summed E-state index contributed by atoms with van der Waals surface area (Å²) in [6, 6.07) is 7.57. The molecule has 0 saturated heterocycles. The fraction of sp³-hybridized carbons (Fsp3) is 0.731. The maximum atomic E-state index is 12.8. The average molecular weight is 857 g/mol. The van der Waals surface area contributed by atoms with Crippen LogP contribution in [0, 0.1) is 13.8 Å². The van der Waals surface area contributed by atoms with Crippen LogP contribution in [0.1, 0.15) is 230 Å². The second-order valence-electron chi connectivity index (χ2n) is 19.9. The second kappa shape index (κ2) is 26.3. The molecule has 0 aliphatic rings. The summed E-state index contributed by atoms with van der Waals surface area (Å²) in [6.45, 7) is 21.0. The van der Waals surface area contributed by atoms with Crippen LogP contribution in [0.25, 0.3) is 0 Å². The summed E-state index contributed by atoms with van der Waals surface area (Å²) >= 11 is 0. The summed E-state index contributed by atoms with van der Waals surface area (Å²) < 4.78 is 11.2. The standard InChI is InChI=1S/C52H89O7P/c1-11-13-15-17-19-21-23-25-27-29-35-58-47(53)33-31-43-37-41(3)49(45(39-43)51(5,6)7)60(55,56,57)50-42(4)38-44(40-46(50)52(8,9)10)32-34-48(54)59-36-30-28-26-24-22-20-18-16-14-12-2/h37-40,55-57H,11-36H2,1-10H3. The number of benzene rings is 2. The minimum atomic E-state index is -5.77. The molecule has 8 heteroatoms. The van der Waals surface area contributed by atoms with Gasteiger partial charge in [0.25, 0.3) is 0 Å². The Kier molecular flexibility index (Phi) is 23.6. The molecule has 0 spiro atoms. The van der Waals surface area contributed by atoms with Crippen LogP contribution in [0.15, 0.2) is 24.3 Å². The van der Waals surface area contributed by atoms with E-state index in [9.17, 15) is 24.3 Å². The number of unbranched alkanes of at least 4 members (excludes halogenated alkanes) is 18. The second-order valence-corrected chi connectivity index (χ2v) is 22.8. The van der Waals surface area contributed by atoms with Crippen molar-refractivity contribution in [3.05, 3.63) is 57.6 Å². The SMILES string of the molecule is CCCCCCCCCCCCOC(=O)CCc1cc(C)c(P(O)(O)(O)c2c(C)cc(CCC(=O)OCCCCCCCCCCCC)cc2C(C)(C)C)c(C(C)(C)C)c1. The van der Waals surface area contributed by atoms with Crippen LogP contribution in [0.4, 0.5) is 0 Å². The number of esters is 2. The summed E-state index contributed by atoms with van der Waals surface area (Å²) in [5, 5.41) is 0.301. The molecular weight excluding hydrogens is 768 g/mol. The predicted octanol–water partition coefficient (Wildman–Crippen LogP) is 12.9. The topological polar surface area (TPSA) is 113 Å². The molecule has 344 valence electrons. The summed E-state index contributed by atoms with van der Waals surface area (Å²) in [6.07, 6.45) is 25.8. The molecule has 0 unspecified atom stereocenters. The average Bonchev–Trinajstić information content (AvgIpc) is 3.15. The van der Waals surface area contributed by atoms with Crippen molar-refractivity contribution in [1.82, 2.24) is 0 Å². The van der Waals surface area contributed by atoms with Gasteiger partial charge in [0, 0.05) is 0 Å². The quantitative estimate of drug-likeness (QED) is 0.0407. The molecule has 3 N–H and O–H groups in total. The van der Waals surface area contributed by atoms with Gasteiger partial charge in [-0.25, -0.2) is 0 Å². The predicted molar refractivity (Wildman–Crippen MR) is 255 cm³/mol. The third-order valence-corrected chi connectivity index (χ3v) is 14.8. The van der Waals surface area contributed by atoms with Crippen LogP contribution in [0.2, 0.25) is 0 Å². The first-order valence-corrected chi connectivity index (χ1v) is 26.2. The molecule has 7 nitrogen and oxygen atoms in total. The summed E-state index contributed by atoms with van der Waals surface area (Å²) in [7, 11) is -5.77. The van der Waals surface area contributed by atoms with Crippen LogP contribution in [-0.4, -0.2) is 39.8 Å². The van der Waals surface area contributed by atoms with E-state index < -0.39 is 18.1 Å². The van der Waals surface area contributed by atoms with Gasteiger partial charge in [-0.1, -0.05) is 104 Å². The number of hydrogen-bond acceptors (Lipinski definition) is 7. The third-order valence-electron chi connectivity index (χ3n) is 11.9. The Hall–Kier alpha value is -2.31. The number of rotatable bonds is 30. The van der Waals surface area contributed by atoms with Gasteiger partial charge in [-0.15, -0.1) is 0 Å². The van der Waals surface area contributed by atoms with E-state index in [4.69, 9.17) is 9.47 Å². The van der Waals surface area contributed by atoms with E-state index in [1.165, 1.54) is 103 Å². The zero-order valence-electron chi connectivity index (χ0n) is 40.1. The van der Waals surface area contributed by atoms with Crippen LogP contribution in [0.3, 0.4) is 0 Å². The summed E-state index contributed by atoms with van der Waals surface area (Å²) in [5.41, 5.74) is 3.04. The molecule has 2 aromatic rings. The van der Waals surface area contributed by atoms with E-state index in [0.29, 0.717) is 48.3 Å². The van der Waals surface area contributed by atoms with E-state index in [-0.39, 0.29) is 35.4 Å². The van der Waals surface area contributed by atoms with Crippen molar-refractivity contribution in [2.24, 2.45) is 0 Å². The van der Waals surface area contributed by atoms with Gasteiger partial charge in [-0.05, 0) is 0 Å². The molecule has 0 heterocycles. The zero-order chi connectivity index (χ0) is 44.8. The zero-order valence-corrected chi connectivity index (χ0v) is 41.0. The number of aryl methyl sites for hydroxylation is 4. The van der Waals surface area contributed by atoms with E-state index in [0.717, 1.165) is 36.8 Å². The summed E-state index contributed by atoms with van der Waals surface area (Å²) in [5.74, 6) is -0.465. The Morgan fingerprint density at radius 1 is 0.483 bits per heavy atom. The molecule has 0 amide bonds. The van der Waals surface area contributed by atoms with Crippen molar-refractivity contribution in [3.63, 3.8) is 0 Å². The van der Waals surface area contributed by atoms with Gasteiger partial charge in [0.1, 0.15) is 0 Å². The molecule has 0 bridgehead atoms. The first-order chi connectivity index (χ1) is 28.2. The van der Waals surface area contributed by atoms with Crippen molar-refractivity contribution in [3.8, 4) is 0 Å². The molecule has 0 aromatic heterocycles. The molecule has 60 heavy (non-hydrogen) atoms. The van der Waals surface area contributed by atoms with Crippen molar-refractivity contribution in [2.45, 2.75) is 234 Å². The van der Waals surface area contributed by atoms with Gasteiger partial charge < -0.3 is 0 Å². The molecule has 0 aliphatic heterocycles. The van der Waals surface area contributed by atoms with Gasteiger partial charge in [0.05, 0.1) is 0 Å². The Morgan fingerprint density at radius 3 is 1.05 bits per heavy atom. The Balaban J connectivity index is 2.12. The molecule has 2 rings (SSSR count). The maximum absolute atomic E-state index is 12.8. The minimum absolute atomic E-state index is 0.151. The van der Waals surface area contributed by atoms with E-state index in [1.807, 2.05) is 79.7 Å². The first-order valence-electron chi connectivity index (χ1n) is 24.1. The normalized spacial score (nSPS) is 13.0. The number of carbonyl (C=O) groups excluding carboxylic acids is 2. The fourth-order valence-electron chi connectivity index (χ4n) is 8.53. The van der Waals surface area contributed by atoms with Crippen LogP contribution >= 0.6 is 7.28 Å². The van der Waals surface area contributed by atoms with Crippen molar-refractivity contribution < 1.29 is 33.7 Å². The van der Waals surface area contributed by atoms with Gasteiger partial charge in [0.15, 0.2) is 0 Å². The Labute approximate surface area is 367 Å². The Bertz CT molecular complexity index is 1460. The Morgan fingerprint density at radius 2 is 0.767 bits per heavy atom. The number of ether oxygens (including phenoxy) is 2. The van der Waals surface area contributed by atoms with Crippen LogP contribution in [0.5, 0.6) is 0 Å². The van der Waals surface area contributed by atoms with Crippen molar-refractivity contribution >= 4 is 29.8 Å². The molecule has 0 fully saturated rings. The van der Waals surface area contributed by atoms with Crippen LogP contribution < -0.4 is 10.6 Å². The molecule has 2 aromatic carbocycles. The molecule has 0 saturated carbocycles. The third kappa shape index (κ3) is 19.0. The first kappa shape index (κ1) is 53.8. The molecule has 0 radical (unpaired) electrons. The molecule has 0 aliphatic carbocycles. The van der Waals surface area contributed by atoms with Gasteiger partial charge in [0.2, 0.25) is 0 Å². The van der Waals surface area contributed by atoms with E-state index in [1.54, 1.807) is 0 Å². The number of hydrogen-bond donors (Lipinski definition) is 3. The molecule has 0 atom stereocenters. The fourth-order valence-corrected chi connectivity index (χ4v) is 11.9. The van der Waals surface area contributed by atoms with Gasteiger partial charge in [-0.2, -0.15) is 0 Å². The monoisotopic (exact) mass is 857 g/mol. The van der Waals surface area contributed by atoms with Gasteiger partial charge >= 0.3 is 265 Å². The van der Waals surface area contributed by atoms with E-state index in [2.05, 4.69) is 13.8 Å².